The van der Waals surface area contributed by atoms with E-state index < -0.39 is 0 Å². The van der Waals surface area contributed by atoms with E-state index in [0.717, 1.165) is 0 Å². The summed E-state index contributed by atoms with van der Waals surface area (Å²) in [4.78, 5) is 8.04. The number of aromatic amines is 1. The summed E-state index contributed by atoms with van der Waals surface area (Å²) in [5.74, 6) is 1.09. The van der Waals surface area contributed by atoms with Gasteiger partial charge in [0.25, 0.3) is 5.89 Å². The number of phenolic OH excluding ortho intramolecular Hbond substituents is 1. The van der Waals surface area contributed by atoms with Crippen LogP contribution in [0.5, 0.6) is 11.5 Å². The van der Waals surface area contributed by atoms with Crippen LogP contribution in [0.4, 0.5) is 0 Å². The number of hydrogen-bond donors (Lipinski definition) is 2. The summed E-state index contributed by atoms with van der Waals surface area (Å²) in [5, 5.41) is 20.1. The second-order valence-electron chi connectivity index (χ2n) is 3.61. The Morgan fingerprint density at radius 3 is 3.00 bits per heavy atom. The van der Waals surface area contributed by atoms with E-state index in [1.807, 2.05) is 0 Å². The molecule has 2 heterocycles. The molecule has 8 nitrogen and oxygen atoms in total. The van der Waals surface area contributed by atoms with Gasteiger partial charge in [-0.1, -0.05) is 11.2 Å². The Hall–Kier alpha value is -2.90. The molecule has 0 spiro atoms. The fraction of sp³-hybridized carbons (Fsp3) is 0.0909. The molecule has 0 amide bonds. The molecule has 0 saturated heterocycles. The van der Waals surface area contributed by atoms with Crippen LogP contribution in [0.2, 0.25) is 0 Å². The van der Waals surface area contributed by atoms with E-state index in [1.165, 1.54) is 13.4 Å². The van der Waals surface area contributed by atoms with Gasteiger partial charge in [-0.15, -0.1) is 0 Å². The lowest BCUT2D eigenvalue weighted by atomic mass is 10.2. The maximum Gasteiger partial charge on any atom is 0.262 e. The van der Waals surface area contributed by atoms with Gasteiger partial charge in [-0.25, -0.2) is 4.98 Å². The SMILES string of the molecule is COc1cccc(-c2nc(-c3ncn[nH]3)no2)c1O. The number of para-hydroxylation sites is 1. The van der Waals surface area contributed by atoms with E-state index in [0.29, 0.717) is 17.1 Å². The molecule has 0 atom stereocenters. The lowest BCUT2D eigenvalue weighted by molar-refractivity contribution is 0.371. The summed E-state index contributed by atoms with van der Waals surface area (Å²) in [6, 6.07) is 4.99. The number of aromatic nitrogens is 5. The second-order valence-corrected chi connectivity index (χ2v) is 3.61. The highest BCUT2D eigenvalue weighted by Gasteiger charge is 2.17. The quantitative estimate of drug-likeness (QED) is 0.727. The molecule has 0 fully saturated rings. The van der Waals surface area contributed by atoms with E-state index in [-0.39, 0.29) is 17.5 Å². The van der Waals surface area contributed by atoms with Gasteiger partial charge in [-0.05, 0) is 12.1 Å². The predicted octanol–water partition coefficient (Wildman–Crippen LogP) is 1.24. The summed E-state index contributed by atoms with van der Waals surface area (Å²) in [7, 11) is 1.46. The number of nitrogens with one attached hydrogen (secondary N) is 1. The maximum absolute atomic E-state index is 9.99. The largest absolute Gasteiger partial charge is 0.504 e. The Bertz CT molecular complexity index is 692. The molecule has 3 aromatic rings. The van der Waals surface area contributed by atoms with E-state index in [2.05, 4.69) is 25.3 Å². The summed E-state index contributed by atoms with van der Waals surface area (Å²) in [6.45, 7) is 0. The Morgan fingerprint density at radius 1 is 1.37 bits per heavy atom. The zero-order valence-electron chi connectivity index (χ0n) is 9.86. The number of aromatic hydroxyl groups is 1. The third-order valence-electron chi connectivity index (χ3n) is 2.50. The van der Waals surface area contributed by atoms with E-state index >= 15 is 0 Å². The minimum absolute atomic E-state index is 0.0576. The van der Waals surface area contributed by atoms with Crippen LogP contribution in [0.25, 0.3) is 23.1 Å². The number of nitrogens with zero attached hydrogens (tertiary/aromatic N) is 4. The lowest BCUT2D eigenvalue weighted by Gasteiger charge is -2.04. The third-order valence-corrected chi connectivity index (χ3v) is 2.50. The summed E-state index contributed by atoms with van der Waals surface area (Å²) < 4.78 is 10.1. The lowest BCUT2D eigenvalue weighted by Crippen LogP contribution is -1.87. The first-order valence-electron chi connectivity index (χ1n) is 5.35. The Labute approximate surface area is 107 Å². The van der Waals surface area contributed by atoms with Crippen LogP contribution in [0.1, 0.15) is 0 Å². The molecule has 0 aliphatic heterocycles. The highest BCUT2D eigenvalue weighted by Crippen LogP contribution is 2.36. The zero-order valence-corrected chi connectivity index (χ0v) is 9.86. The van der Waals surface area contributed by atoms with E-state index in [9.17, 15) is 5.11 Å². The predicted molar refractivity (Wildman–Crippen MR) is 63.3 cm³/mol. The van der Waals surface area contributed by atoms with Crippen LogP contribution < -0.4 is 4.74 Å². The van der Waals surface area contributed by atoms with Crippen molar-refractivity contribution < 1.29 is 14.4 Å². The van der Waals surface area contributed by atoms with Crippen LogP contribution in [0.15, 0.2) is 29.0 Å². The number of hydrogen-bond acceptors (Lipinski definition) is 7. The van der Waals surface area contributed by atoms with Crippen molar-refractivity contribution in [3.63, 3.8) is 0 Å². The number of H-pyrrole nitrogens is 1. The van der Waals surface area contributed by atoms with Gasteiger partial charge in [0, 0.05) is 0 Å². The molecule has 0 unspecified atom stereocenters. The minimum atomic E-state index is -0.0576. The van der Waals surface area contributed by atoms with E-state index in [1.54, 1.807) is 18.2 Å². The van der Waals surface area contributed by atoms with Gasteiger partial charge in [0.2, 0.25) is 5.82 Å². The molecule has 3 rings (SSSR count). The van der Waals surface area contributed by atoms with Gasteiger partial charge in [0.05, 0.1) is 12.7 Å². The molecular weight excluding hydrogens is 250 g/mol. The number of phenols is 1. The van der Waals surface area contributed by atoms with Crippen LogP contribution >= 0.6 is 0 Å². The van der Waals surface area contributed by atoms with Gasteiger partial charge < -0.3 is 14.4 Å². The van der Waals surface area contributed by atoms with Crippen LogP contribution in [-0.2, 0) is 0 Å². The van der Waals surface area contributed by atoms with Crippen molar-refractivity contribution in [3.8, 4) is 34.6 Å². The molecular formula is C11H9N5O3. The van der Waals surface area contributed by atoms with Crippen molar-refractivity contribution in [2.75, 3.05) is 7.11 Å². The molecule has 2 aromatic heterocycles. The number of rotatable bonds is 3. The number of ether oxygens (including phenoxy) is 1. The van der Waals surface area contributed by atoms with Gasteiger partial charge >= 0.3 is 0 Å². The molecule has 96 valence electrons. The topological polar surface area (TPSA) is 110 Å². The fourth-order valence-electron chi connectivity index (χ4n) is 1.60. The monoisotopic (exact) mass is 259 g/mol. The summed E-state index contributed by atoms with van der Waals surface area (Å²) in [5.41, 5.74) is 0.387. The van der Waals surface area contributed by atoms with Crippen molar-refractivity contribution in [2.24, 2.45) is 0 Å². The molecule has 0 radical (unpaired) electrons. The second kappa shape index (κ2) is 4.41. The maximum atomic E-state index is 9.99. The first kappa shape index (κ1) is 11.2. The molecule has 8 heteroatoms. The van der Waals surface area contributed by atoms with Crippen molar-refractivity contribution in [2.45, 2.75) is 0 Å². The first-order chi connectivity index (χ1) is 9.29. The van der Waals surface area contributed by atoms with Crippen molar-refractivity contribution in [1.82, 2.24) is 25.3 Å². The number of methoxy groups -OCH3 is 1. The summed E-state index contributed by atoms with van der Waals surface area (Å²) in [6.07, 6.45) is 1.34. The fourth-order valence-corrected chi connectivity index (χ4v) is 1.60. The van der Waals surface area contributed by atoms with Crippen LogP contribution in [0, 0.1) is 0 Å². The van der Waals surface area contributed by atoms with E-state index in [4.69, 9.17) is 9.26 Å². The average Bonchev–Trinajstić information content (AvgIpc) is 3.09. The van der Waals surface area contributed by atoms with Gasteiger partial charge in [0.1, 0.15) is 6.33 Å². The van der Waals surface area contributed by atoms with Gasteiger partial charge in [-0.3, -0.25) is 5.10 Å². The smallest absolute Gasteiger partial charge is 0.262 e. The van der Waals surface area contributed by atoms with Crippen molar-refractivity contribution in [3.05, 3.63) is 24.5 Å². The molecule has 2 N–H and O–H groups in total. The van der Waals surface area contributed by atoms with Gasteiger partial charge in [0.15, 0.2) is 17.3 Å². The standard InChI is InChI=1S/C11H9N5O3/c1-18-7-4-2-3-6(8(7)17)11-14-10(16-19-11)9-12-5-13-15-9/h2-5,17H,1H3,(H,12,13,15). The molecule has 0 aliphatic rings. The minimum Gasteiger partial charge on any atom is -0.504 e. The highest BCUT2D eigenvalue weighted by atomic mass is 16.5. The molecule has 0 aliphatic carbocycles. The third kappa shape index (κ3) is 1.88. The van der Waals surface area contributed by atoms with Crippen LogP contribution in [0.3, 0.4) is 0 Å². The molecule has 1 aromatic carbocycles. The first-order valence-corrected chi connectivity index (χ1v) is 5.35. The molecule has 0 saturated carbocycles. The molecule has 19 heavy (non-hydrogen) atoms. The molecule has 0 bridgehead atoms. The Morgan fingerprint density at radius 2 is 2.26 bits per heavy atom. The Kier molecular flexibility index (Phi) is 2.60. The summed E-state index contributed by atoms with van der Waals surface area (Å²) >= 11 is 0. The van der Waals surface area contributed by atoms with Crippen LogP contribution in [-0.4, -0.2) is 37.5 Å². The zero-order chi connectivity index (χ0) is 13.2. The average molecular weight is 259 g/mol. The Balaban J connectivity index is 2.04. The number of benzene rings is 1. The highest BCUT2D eigenvalue weighted by molar-refractivity contribution is 5.67. The normalized spacial score (nSPS) is 10.6. The van der Waals surface area contributed by atoms with Gasteiger partial charge in [-0.2, -0.15) is 10.1 Å². The van der Waals surface area contributed by atoms with Crippen molar-refractivity contribution >= 4 is 0 Å². The van der Waals surface area contributed by atoms with Crippen molar-refractivity contribution in [1.29, 1.82) is 0 Å².